The van der Waals surface area contributed by atoms with E-state index in [9.17, 15) is 40.5 Å². The van der Waals surface area contributed by atoms with Gasteiger partial charge >= 0.3 is 0 Å². The van der Waals surface area contributed by atoms with Gasteiger partial charge in [0.25, 0.3) is 22.7 Å². The molecule has 0 radical (unpaired) electrons. The average molecular weight is 604 g/mol. The third-order valence-electron chi connectivity index (χ3n) is 5.50. The maximum atomic E-state index is 11.5. The fourth-order valence-corrected chi connectivity index (χ4v) is 4.83. The molecule has 0 unspecified atom stereocenters. The molecule has 0 spiro atoms. The van der Waals surface area contributed by atoms with Crippen LogP contribution in [0, 0.1) is 40.5 Å². The maximum absolute atomic E-state index is 11.5. The summed E-state index contributed by atoms with van der Waals surface area (Å²) < 4.78 is 0. The van der Waals surface area contributed by atoms with E-state index in [2.05, 4.69) is 0 Å². The predicted octanol–water partition coefficient (Wildman–Crippen LogP) is 7.84. The molecule has 0 bridgehead atoms. The van der Waals surface area contributed by atoms with Crippen molar-refractivity contribution in [3.05, 3.63) is 123 Å². The van der Waals surface area contributed by atoms with Gasteiger partial charge in [-0.15, -0.1) is 46.4 Å². The van der Waals surface area contributed by atoms with Crippen molar-refractivity contribution in [3.8, 4) is 0 Å². The molecule has 0 heterocycles. The van der Waals surface area contributed by atoms with Crippen LogP contribution >= 0.6 is 46.4 Å². The van der Waals surface area contributed by atoms with E-state index >= 15 is 0 Å². The number of benzene rings is 3. The standard InChI is InChI=1S/C22H14Cl4N4O8/c23-19(21(25)15-6-4-13(27(31)32)9-17(15)29(35)36)11-2-1-3-12(8-11)20(24)22(26)16-7-5-14(28(33)34)10-18(16)30(37)38/h1-10,19-22H/t19-,20+,21+,22-. The van der Waals surface area contributed by atoms with Crippen LogP contribution in [-0.2, 0) is 0 Å². The molecule has 0 amide bonds. The average Bonchev–Trinajstić information content (AvgIpc) is 2.90. The van der Waals surface area contributed by atoms with Gasteiger partial charge in [-0.1, -0.05) is 24.3 Å². The van der Waals surface area contributed by atoms with Gasteiger partial charge < -0.3 is 0 Å². The molecular formula is C22H14Cl4N4O8. The van der Waals surface area contributed by atoms with Crippen molar-refractivity contribution in [1.29, 1.82) is 0 Å². The van der Waals surface area contributed by atoms with E-state index < -0.39 is 64.0 Å². The zero-order chi connectivity index (χ0) is 28.3. The molecule has 3 rings (SSSR count). The van der Waals surface area contributed by atoms with E-state index in [4.69, 9.17) is 46.4 Å². The first-order chi connectivity index (χ1) is 17.8. The van der Waals surface area contributed by atoms with Crippen LogP contribution in [0.5, 0.6) is 0 Å². The molecule has 0 fully saturated rings. The lowest BCUT2D eigenvalue weighted by atomic mass is 9.97. The number of nitrogens with zero attached hydrogens (tertiary/aromatic N) is 4. The van der Waals surface area contributed by atoms with Crippen molar-refractivity contribution >= 4 is 69.2 Å². The molecule has 4 atom stereocenters. The van der Waals surface area contributed by atoms with Gasteiger partial charge in [-0.25, -0.2) is 0 Å². The molecular weight excluding hydrogens is 590 g/mol. The molecule has 198 valence electrons. The van der Waals surface area contributed by atoms with E-state index in [0.717, 1.165) is 36.4 Å². The summed E-state index contributed by atoms with van der Waals surface area (Å²) in [5.41, 5.74) is -1.51. The number of rotatable bonds is 10. The Kier molecular flexibility index (Phi) is 9.05. The summed E-state index contributed by atoms with van der Waals surface area (Å²) in [4.78, 5) is 41.9. The fraction of sp³-hybridized carbons (Fsp3) is 0.182. The number of halogens is 4. The largest absolute Gasteiger partial charge is 0.281 e. The summed E-state index contributed by atoms with van der Waals surface area (Å²) in [5.74, 6) is 0. The van der Waals surface area contributed by atoms with Crippen molar-refractivity contribution in [2.45, 2.75) is 21.5 Å². The first-order valence-electron chi connectivity index (χ1n) is 10.3. The quantitative estimate of drug-likeness (QED) is 0.128. The molecule has 0 aliphatic heterocycles. The molecule has 12 nitrogen and oxygen atoms in total. The summed E-state index contributed by atoms with van der Waals surface area (Å²) in [6.45, 7) is 0. The van der Waals surface area contributed by atoms with Gasteiger partial charge in [0.15, 0.2) is 0 Å². The predicted molar refractivity (Wildman–Crippen MR) is 140 cm³/mol. The van der Waals surface area contributed by atoms with Crippen molar-refractivity contribution in [3.63, 3.8) is 0 Å². The lowest BCUT2D eigenvalue weighted by Crippen LogP contribution is -2.07. The Labute approximate surface area is 233 Å². The van der Waals surface area contributed by atoms with Crippen LogP contribution in [0.2, 0.25) is 0 Å². The van der Waals surface area contributed by atoms with Gasteiger partial charge in [-0.2, -0.15) is 0 Å². The normalized spacial score (nSPS) is 14.2. The zero-order valence-corrected chi connectivity index (χ0v) is 21.7. The maximum Gasteiger partial charge on any atom is 0.281 e. The van der Waals surface area contributed by atoms with Crippen LogP contribution in [0.3, 0.4) is 0 Å². The molecule has 0 N–H and O–H groups in total. The topological polar surface area (TPSA) is 173 Å². The lowest BCUT2D eigenvalue weighted by molar-refractivity contribution is -0.394. The molecule has 3 aromatic carbocycles. The van der Waals surface area contributed by atoms with Gasteiger partial charge in [-0.05, 0) is 23.3 Å². The number of non-ortho nitro benzene ring substituents is 2. The first kappa shape index (κ1) is 29.0. The van der Waals surface area contributed by atoms with Crippen LogP contribution in [0.15, 0.2) is 60.7 Å². The van der Waals surface area contributed by atoms with Crippen LogP contribution in [0.25, 0.3) is 0 Å². The molecule has 0 aromatic heterocycles. The van der Waals surface area contributed by atoms with E-state index in [1.54, 1.807) is 18.2 Å². The molecule has 0 saturated heterocycles. The molecule has 0 aliphatic carbocycles. The van der Waals surface area contributed by atoms with Crippen LogP contribution in [-0.4, -0.2) is 19.7 Å². The van der Waals surface area contributed by atoms with Crippen LogP contribution in [0.4, 0.5) is 22.7 Å². The molecule has 0 saturated carbocycles. The molecule has 16 heteroatoms. The van der Waals surface area contributed by atoms with E-state index in [1.165, 1.54) is 6.07 Å². The minimum atomic E-state index is -1.19. The SMILES string of the molecule is O=[N+]([O-])c1ccc([C@@H](Cl)[C@@H](Cl)c2cccc([C@@H](Cl)[C@@H](Cl)c3ccc([N+](=O)[O-])cc3[N+](=O)[O-])c2)c([N+](=O)[O-])c1. The summed E-state index contributed by atoms with van der Waals surface area (Å²) >= 11 is 26.0. The second kappa shape index (κ2) is 11.9. The number of nitro groups is 4. The number of nitro benzene ring substituents is 4. The minimum Gasteiger partial charge on any atom is -0.258 e. The summed E-state index contributed by atoms with van der Waals surface area (Å²) in [5, 5.41) is 40.5. The first-order valence-corrected chi connectivity index (χ1v) is 12.1. The lowest BCUT2D eigenvalue weighted by Gasteiger charge is -2.20. The van der Waals surface area contributed by atoms with Crippen LogP contribution in [0.1, 0.15) is 43.8 Å². The van der Waals surface area contributed by atoms with E-state index in [0.29, 0.717) is 11.1 Å². The summed E-state index contributed by atoms with van der Waals surface area (Å²) in [7, 11) is 0. The Morgan fingerprint density at radius 3 is 1.18 bits per heavy atom. The smallest absolute Gasteiger partial charge is 0.258 e. The van der Waals surface area contributed by atoms with Gasteiger partial charge in [0.05, 0.1) is 64.5 Å². The van der Waals surface area contributed by atoms with E-state index in [1.807, 2.05) is 0 Å². The Morgan fingerprint density at radius 2 is 0.868 bits per heavy atom. The third kappa shape index (κ3) is 6.10. The summed E-state index contributed by atoms with van der Waals surface area (Å²) in [6, 6.07) is 12.2. The highest BCUT2D eigenvalue weighted by molar-refractivity contribution is 6.31. The minimum absolute atomic E-state index is 0.0492. The molecule has 0 aliphatic rings. The van der Waals surface area contributed by atoms with Gasteiger partial charge in [0, 0.05) is 12.1 Å². The summed E-state index contributed by atoms with van der Waals surface area (Å²) in [6.07, 6.45) is 0. The zero-order valence-electron chi connectivity index (χ0n) is 18.6. The molecule has 3 aromatic rings. The Balaban J connectivity index is 1.94. The van der Waals surface area contributed by atoms with Crippen LogP contribution < -0.4 is 0 Å². The van der Waals surface area contributed by atoms with Crippen molar-refractivity contribution in [1.82, 2.24) is 0 Å². The van der Waals surface area contributed by atoms with E-state index in [-0.39, 0.29) is 11.1 Å². The van der Waals surface area contributed by atoms with Crippen molar-refractivity contribution < 1.29 is 19.7 Å². The number of alkyl halides is 4. The highest BCUT2D eigenvalue weighted by Crippen LogP contribution is 2.47. The highest BCUT2D eigenvalue weighted by Gasteiger charge is 2.32. The highest BCUT2D eigenvalue weighted by atomic mass is 35.5. The van der Waals surface area contributed by atoms with Gasteiger partial charge in [0.1, 0.15) is 0 Å². The second-order valence-corrected chi connectivity index (χ2v) is 9.67. The Morgan fingerprint density at radius 1 is 0.500 bits per heavy atom. The number of hydrogen-bond acceptors (Lipinski definition) is 8. The Hall–Kier alpha value is -3.58. The Bertz CT molecular complexity index is 1340. The van der Waals surface area contributed by atoms with Gasteiger partial charge in [-0.3, -0.25) is 40.5 Å². The third-order valence-corrected chi connectivity index (χ3v) is 7.74. The van der Waals surface area contributed by atoms with Crippen molar-refractivity contribution in [2.24, 2.45) is 0 Å². The molecule has 38 heavy (non-hydrogen) atoms. The van der Waals surface area contributed by atoms with Gasteiger partial charge in [0.2, 0.25) is 0 Å². The monoisotopic (exact) mass is 602 g/mol. The van der Waals surface area contributed by atoms with Crippen molar-refractivity contribution in [2.75, 3.05) is 0 Å². The number of hydrogen-bond donors (Lipinski definition) is 0. The second-order valence-electron chi connectivity index (χ2n) is 7.79. The fourth-order valence-electron chi connectivity index (χ4n) is 3.63.